The highest BCUT2D eigenvalue weighted by Crippen LogP contribution is 2.30. The molecule has 2 heteroatoms. The number of halogens is 1. The van der Waals surface area contributed by atoms with E-state index in [4.69, 9.17) is 5.73 Å². The van der Waals surface area contributed by atoms with Crippen LogP contribution in [0.1, 0.15) is 24.8 Å². The van der Waals surface area contributed by atoms with Crippen molar-refractivity contribution in [3.8, 4) is 0 Å². The van der Waals surface area contributed by atoms with Crippen LogP contribution in [0, 0.1) is 5.82 Å². The van der Waals surface area contributed by atoms with Crippen LogP contribution in [0.15, 0.2) is 30.3 Å². The van der Waals surface area contributed by atoms with Crippen LogP contribution in [-0.2, 0) is 0 Å². The third-order valence-electron chi connectivity index (χ3n) is 2.76. The maximum atomic E-state index is 12.6. The smallest absolute Gasteiger partial charge is 0.123 e. The second-order valence-electron chi connectivity index (χ2n) is 3.97. The zero-order valence-corrected chi connectivity index (χ0v) is 8.04. The number of nitrogens with two attached hydrogens (primary N) is 1. The lowest BCUT2D eigenvalue weighted by atomic mass is 9.77. The molecule has 1 aromatic rings. The zero-order valence-electron chi connectivity index (χ0n) is 8.04. The Labute approximate surface area is 83.4 Å². The molecule has 0 amide bonds. The SMILES string of the molecule is NC1(/C=C/c2ccc(F)cc2)CCC1. The van der Waals surface area contributed by atoms with Crippen molar-refractivity contribution in [2.45, 2.75) is 24.8 Å². The van der Waals surface area contributed by atoms with Gasteiger partial charge in [-0.1, -0.05) is 24.3 Å². The highest BCUT2D eigenvalue weighted by atomic mass is 19.1. The molecule has 0 spiro atoms. The van der Waals surface area contributed by atoms with E-state index in [-0.39, 0.29) is 11.4 Å². The first kappa shape index (κ1) is 9.41. The molecular weight excluding hydrogens is 177 g/mol. The average molecular weight is 191 g/mol. The van der Waals surface area contributed by atoms with E-state index in [1.807, 2.05) is 12.2 Å². The van der Waals surface area contributed by atoms with E-state index < -0.39 is 0 Å². The van der Waals surface area contributed by atoms with Gasteiger partial charge in [-0.3, -0.25) is 0 Å². The van der Waals surface area contributed by atoms with Gasteiger partial charge in [0.25, 0.3) is 0 Å². The molecule has 0 aromatic heterocycles. The maximum absolute atomic E-state index is 12.6. The van der Waals surface area contributed by atoms with E-state index in [9.17, 15) is 4.39 Å². The summed E-state index contributed by atoms with van der Waals surface area (Å²) in [7, 11) is 0. The molecule has 0 saturated heterocycles. The van der Waals surface area contributed by atoms with Crippen LogP contribution >= 0.6 is 0 Å². The Balaban J connectivity index is 2.06. The van der Waals surface area contributed by atoms with E-state index in [1.165, 1.54) is 18.6 Å². The molecule has 1 aliphatic rings. The minimum absolute atomic E-state index is 0.103. The Morgan fingerprint density at radius 3 is 2.36 bits per heavy atom. The molecule has 0 atom stereocenters. The molecule has 2 rings (SSSR count). The van der Waals surface area contributed by atoms with Crippen LogP contribution in [0.4, 0.5) is 4.39 Å². The zero-order chi connectivity index (χ0) is 10.0. The van der Waals surface area contributed by atoms with Gasteiger partial charge in [-0.05, 0) is 37.0 Å². The van der Waals surface area contributed by atoms with Crippen LogP contribution in [-0.4, -0.2) is 5.54 Å². The predicted octanol–water partition coefficient (Wildman–Crippen LogP) is 2.72. The Hall–Kier alpha value is -1.15. The molecule has 1 aliphatic carbocycles. The van der Waals surface area contributed by atoms with Crippen molar-refractivity contribution in [1.82, 2.24) is 0 Å². The van der Waals surface area contributed by atoms with Crippen molar-refractivity contribution in [2.75, 3.05) is 0 Å². The van der Waals surface area contributed by atoms with Crippen LogP contribution in [0.3, 0.4) is 0 Å². The summed E-state index contributed by atoms with van der Waals surface area (Å²) in [6, 6.07) is 6.44. The van der Waals surface area contributed by atoms with Gasteiger partial charge >= 0.3 is 0 Å². The fourth-order valence-electron chi connectivity index (χ4n) is 1.59. The normalized spacial score (nSPS) is 19.6. The van der Waals surface area contributed by atoms with Gasteiger partial charge in [0, 0.05) is 5.54 Å². The molecule has 0 radical (unpaired) electrons. The summed E-state index contributed by atoms with van der Waals surface area (Å²) in [5.41, 5.74) is 6.92. The summed E-state index contributed by atoms with van der Waals surface area (Å²) < 4.78 is 12.6. The van der Waals surface area contributed by atoms with E-state index in [0.717, 1.165) is 18.4 Å². The molecule has 0 aliphatic heterocycles. The van der Waals surface area contributed by atoms with Crippen LogP contribution < -0.4 is 5.73 Å². The summed E-state index contributed by atoms with van der Waals surface area (Å²) in [4.78, 5) is 0. The maximum Gasteiger partial charge on any atom is 0.123 e. The molecule has 1 nitrogen and oxygen atoms in total. The lowest BCUT2D eigenvalue weighted by molar-refractivity contribution is 0.318. The van der Waals surface area contributed by atoms with E-state index in [2.05, 4.69) is 0 Å². The fourth-order valence-corrected chi connectivity index (χ4v) is 1.59. The van der Waals surface area contributed by atoms with Crippen molar-refractivity contribution < 1.29 is 4.39 Å². The van der Waals surface area contributed by atoms with Gasteiger partial charge in [0.15, 0.2) is 0 Å². The minimum atomic E-state index is -0.201. The second-order valence-corrected chi connectivity index (χ2v) is 3.97. The third kappa shape index (κ3) is 2.02. The number of benzene rings is 1. The lowest BCUT2D eigenvalue weighted by Crippen LogP contribution is -2.44. The summed E-state index contributed by atoms with van der Waals surface area (Å²) in [6.45, 7) is 0. The molecule has 0 unspecified atom stereocenters. The molecule has 2 N–H and O–H groups in total. The minimum Gasteiger partial charge on any atom is -0.322 e. The van der Waals surface area contributed by atoms with E-state index >= 15 is 0 Å². The summed E-state index contributed by atoms with van der Waals surface area (Å²) in [5, 5.41) is 0. The molecule has 0 bridgehead atoms. The molecular formula is C12H14FN. The van der Waals surface area contributed by atoms with Gasteiger partial charge in [-0.25, -0.2) is 4.39 Å². The summed E-state index contributed by atoms with van der Waals surface area (Å²) in [6.07, 6.45) is 7.34. The molecule has 0 heterocycles. The van der Waals surface area contributed by atoms with Crippen molar-refractivity contribution in [3.05, 3.63) is 41.7 Å². The van der Waals surface area contributed by atoms with Gasteiger partial charge in [-0.2, -0.15) is 0 Å². The number of rotatable bonds is 2. The molecule has 14 heavy (non-hydrogen) atoms. The van der Waals surface area contributed by atoms with Crippen molar-refractivity contribution >= 4 is 6.08 Å². The molecule has 1 aromatic carbocycles. The van der Waals surface area contributed by atoms with Crippen LogP contribution in [0.25, 0.3) is 6.08 Å². The number of hydrogen-bond donors (Lipinski definition) is 1. The van der Waals surface area contributed by atoms with Gasteiger partial charge < -0.3 is 5.73 Å². The van der Waals surface area contributed by atoms with Gasteiger partial charge in [0.05, 0.1) is 0 Å². The fraction of sp³-hybridized carbons (Fsp3) is 0.333. The van der Waals surface area contributed by atoms with Crippen molar-refractivity contribution in [3.63, 3.8) is 0 Å². The van der Waals surface area contributed by atoms with Crippen LogP contribution in [0.2, 0.25) is 0 Å². The Bertz CT molecular complexity index is 336. The lowest BCUT2D eigenvalue weighted by Gasteiger charge is -2.35. The van der Waals surface area contributed by atoms with E-state index in [0.29, 0.717) is 0 Å². The Morgan fingerprint density at radius 2 is 1.86 bits per heavy atom. The Kier molecular flexibility index (Phi) is 2.38. The van der Waals surface area contributed by atoms with Crippen molar-refractivity contribution in [1.29, 1.82) is 0 Å². The number of hydrogen-bond acceptors (Lipinski definition) is 1. The molecule has 74 valence electrons. The largest absolute Gasteiger partial charge is 0.322 e. The summed E-state index contributed by atoms with van der Waals surface area (Å²) in [5.74, 6) is -0.201. The topological polar surface area (TPSA) is 26.0 Å². The van der Waals surface area contributed by atoms with Gasteiger partial charge in [0.1, 0.15) is 5.82 Å². The highest BCUT2D eigenvalue weighted by molar-refractivity contribution is 5.51. The van der Waals surface area contributed by atoms with E-state index in [1.54, 1.807) is 12.1 Å². The first-order chi connectivity index (χ1) is 6.68. The average Bonchev–Trinajstić information content (AvgIpc) is 2.14. The quantitative estimate of drug-likeness (QED) is 0.764. The Morgan fingerprint density at radius 1 is 1.21 bits per heavy atom. The molecule has 1 fully saturated rings. The highest BCUT2D eigenvalue weighted by Gasteiger charge is 2.28. The standard InChI is InChI=1S/C12H14FN/c13-11-4-2-10(3-5-11)6-9-12(14)7-1-8-12/h2-6,9H,1,7-8,14H2/b9-6+. The van der Waals surface area contributed by atoms with Gasteiger partial charge in [0.2, 0.25) is 0 Å². The predicted molar refractivity (Wildman–Crippen MR) is 56.2 cm³/mol. The van der Waals surface area contributed by atoms with Crippen LogP contribution in [0.5, 0.6) is 0 Å². The van der Waals surface area contributed by atoms with Crippen molar-refractivity contribution in [2.24, 2.45) is 5.73 Å². The molecule has 1 saturated carbocycles. The second kappa shape index (κ2) is 3.54. The monoisotopic (exact) mass is 191 g/mol. The first-order valence-corrected chi connectivity index (χ1v) is 4.92. The first-order valence-electron chi connectivity index (χ1n) is 4.92. The van der Waals surface area contributed by atoms with Gasteiger partial charge in [-0.15, -0.1) is 0 Å². The third-order valence-corrected chi connectivity index (χ3v) is 2.76. The summed E-state index contributed by atoms with van der Waals surface area (Å²) >= 11 is 0.